The largest absolute Gasteiger partial charge is 0.497 e. The highest BCUT2D eigenvalue weighted by Crippen LogP contribution is 2.49. The summed E-state index contributed by atoms with van der Waals surface area (Å²) < 4.78 is 5.32. The van der Waals surface area contributed by atoms with Crippen molar-refractivity contribution in [2.75, 3.05) is 20.2 Å². The van der Waals surface area contributed by atoms with E-state index < -0.39 is 5.60 Å². The number of methoxy groups -OCH3 is 1. The number of likely N-dealkylation sites (tertiary alicyclic amines) is 1. The smallest absolute Gasteiger partial charge is 0.234 e. The fraction of sp³-hybridized carbons (Fsp3) is 0.480. The first-order chi connectivity index (χ1) is 14.6. The van der Waals surface area contributed by atoms with Gasteiger partial charge in [0.15, 0.2) is 0 Å². The molecule has 160 valence electrons. The number of aliphatic hydroxyl groups is 1. The van der Waals surface area contributed by atoms with Crippen LogP contribution >= 0.6 is 0 Å². The van der Waals surface area contributed by atoms with Gasteiger partial charge in [-0.05, 0) is 42.5 Å². The molecule has 0 aromatic heterocycles. The van der Waals surface area contributed by atoms with Crippen molar-refractivity contribution in [1.29, 1.82) is 0 Å². The number of piperidine rings is 1. The van der Waals surface area contributed by atoms with Gasteiger partial charge in [0.05, 0.1) is 19.3 Å². The maximum atomic E-state index is 12.8. The van der Waals surface area contributed by atoms with Gasteiger partial charge in [-0.15, -0.1) is 0 Å². The van der Waals surface area contributed by atoms with E-state index in [0.29, 0.717) is 13.1 Å². The lowest BCUT2D eigenvalue weighted by atomic mass is 9.66. The molecule has 2 aromatic carbocycles. The first kappa shape index (κ1) is 20.9. The Morgan fingerprint density at radius 2 is 1.90 bits per heavy atom. The minimum absolute atomic E-state index is 0.0265. The van der Waals surface area contributed by atoms with Gasteiger partial charge in [0.2, 0.25) is 5.91 Å². The molecule has 5 heteroatoms. The van der Waals surface area contributed by atoms with Crippen LogP contribution in [0.15, 0.2) is 54.6 Å². The maximum Gasteiger partial charge on any atom is 0.234 e. The second-order valence-corrected chi connectivity index (χ2v) is 8.66. The lowest BCUT2D eigenvalue weighted by Crippen LogP contribution is -2.56. The monoisotopic (exact) mass is 408 g/mol. The third kappa shape index (κ3) is 4.52. The summed E-state index contributed by atoms with van der Waals surface area (Å²) in [5, 5.41) is 14.4. The Kier molecular flexibility index (Phi) is 6.40. The Morgan fingerprint density at radius 1 is 1.13 bits per heavy atom. The van der Waals surface area contributed by atoms with Gasteiger partial charge in [-0.1, -0.05) is 55.3 Å². The van der Waals surface area contributed by atoms with Crippen molar-refractivity contribution in [1.82, 2.24) is 10.2 Å². The summed E-state index contributed by atoms with van der Waals surface area (Å²) in [6.07, 6.45) is 4.80. The number of hydrogen-bond donors (Lipinski definition) is 2. The van der Waals surface area contributed by atoms with E-state index >= 15 is 0 Å². The van der Waals surface area contributed by atoms with Crippen LogP contribution in [0.5, 0.6) is 5.75 Å². The summed E-state index contributed by atoms with van der Waals surface area (Å²) >= 11 is 0. The minimum atomic E-state index is -0.625. The highest BCUT2D eigenvalue weighted by Gasteiger charge is 2.49. The third-order valence-electron chi connectivity index (χ3n) is 6.81. The van der Waals surface area contributed by atoms with Crippen LogP contribution in [0.4, 0.5) is 0 Å². The first-order valence-electron chi connectivity index (χ1n) is 11.0. The normalized spacial score (nSPS) is 26.6. The molecule has 1 aliphatic heterocycles. The van der Waals surface area contributed by atoms with Crippen LogP contribution in [0.3, 0.4) is 0 Å². The number of benzene rings is 2. The molecule has 30 heavy (non-hydrogen) atoms. The van der Waals surface area contributed by atoms with E-state index in [-0.39, 0.29) is 17.9 Å². The second kappa shape index (κ2) is 9.19. The average molecular weight is 409 g/mol. The van der Waals surface area contributed by atoms with E-state index in [9.17, 15) is 9.90 Å². The minimum Gasteiger partial charge on any atom is -0.497 e. The summed E-state index contributed by atoms with van der Waals surface area (Å²) in [5.74, 6) is 0.995. The van der Waals surface area contributed by atoms with Crippen molar-refractivity contribution in [2.45, 2.75) is 50.3 Å². The standard InChI is InChI=1S/C25H32N2O3/c1-30-21-12-10-20(11-13-21)24-22-9-5-6-14-25(22,29)15-16-27(24)18-23(28)26-17-19-7-3-2-4-8-19/h2-4,7-8,10-13,22,24,29H,5-6,9,14-18H2,1H3,(H,26,28)/t22-,24-,25+/m0/s1. The number of carbonyl (C=O) groups excluding carboxylic acids is 1. The molecule has 0 radical (unpaired) electrons. The second-order valence-electron chi connectivity index (χ2n) is 8.66. The van der Waals surface area contributed by atoms with Gasteiger partial charge in [-0.2, -0.15) is 0 Å². The Hall–Kier alpha value is -2.37. The molecule has 2 aromatic rings. The molecule has 4 rings (SSSR count). The van der Waals surface area contributed by atoms with Gasteiger partial charge in [0.1, 0.15) is 5.75 Å². The number of hydrogen-bond acceptors (Lipinski definition) is 4. The van der Waals surface area contributed by atoms with Crippen molar-refractivity contribution >= 4 is 5.91 Å². The van der Waals surface area contributed by atoms with E-state index in [2.05, 4.69) is 22.3 Å². The number of fused-ring (bicyclic) bond motifs is 1. The number of rotatable bonds is 6. The molecule has 0 unspecified atom stereocenters. The quantitative estimate of drug-likeness (QED) is 0.765. The third-order valence-corrected chi connectivity index (χ3v) is 6.81. The molecule has 0 spiro atoms. The lowest BCUT2D eigenvalue weighted by molar-refractivity contribution is -0.138. The zero-order valence-corrected chi connectivity index (χ0v) is 17.7. The Balaban J connectivity index is 1.51. The molecule has 1 saturated heterocycles. The SMILES string of the molecule is COc1ccc([C@H]2[C@@H]3CCCC[C@@]3(O)CCN2CC(=O)NCc2ccccc2)cc1. The van der Waals surface area contributed by atoms with Gasteiger partial charge in [-0.25, -0.2) is 0 Å². The summed E-state index contributed by atoms with van der Waals surface area (Å²) in [6.45, 7) is 1.60. The fourth-order valence-electron chi connectivity index (χ4n) is 5.20. The van der Waals surface area contributed by atoms with Crippen molar-refractivity contribution < 1.29 is 14.6 Å². The van der Waals surface area contributed by atoms with Crippen molar-refractivity contribution in [3.8, 4) is 5.75 Å². The number of ether oxygens (including phenoxy) is 1. The predicted octanol–water partition coefficient (Wildman–Crippen LogP) is 3.68. The Bertz CT molecular complexity index is 839. The fourth-order valence-corrected chi connectivity index (χ4v) is 5.20. The van der Waals surface area contributed by atoms with Crippen LogP contribution in [0.2, 0.25) is 0 Å². The maximum absolute atomic E-state index is 12.8. The number of carbonyl (C=O) groups is 1. The Labute approximate surface area is 179 Å². The first-order valence-corrected chi connectivity index (χ1v) is 11.0. The average Bonchev–Trinajstić information content (AvgIpc) is 2.78. The number of amides is 1. The van der Waals surface area contributed by atoms with Crippen LogP contribution in [0.25, 0.3) is 0 Å². The number of nitrogens with one attached hydrogen (secondary N) is 1. The van der Waals surface area contributed by atoms with Crippen LogP contribution < -0.4 is 10.1 Å². The molecule has 2 fully saturated rings. The van der Waals surface area contributed by atoms with E-state index in [1.807, 2.05) is 42.5 Å². The van der Waals surface area contributed by atoms with Crippen LogP contribution in [-0.2, 0) is 11.3 Å². The molecule has 2 aliphatic rings. The molecule has 1 saturated carbocycles. The molecule has 1 heterocycles. The molecule has 3 atom stereocenters. The van der Waals surface area contributed by atoms with E-state index in [4.69, 9.17) is 4.74 Å². The molecular weight excluding hydrogens is 376 g/mol. The summed E-state index contributed by atoms with van der Waals surface area (Å²) in [6, 6.07) is 18.1. The van der Waals surface area contributed by atoms with Gasteiger partial charge in [0.25, 0.3) is 0 Å². The highest BCUT2D eigenvalue weighted by atomic mass is 16.5. The van der Waals surface area contributed by atoms with E-state index in [0.717, 1.165) is 55.5 Å². The lowest BCUT2D eigenvalue weighted by Gasteiger charge is -2.52. The van der Waals surface area contributed by atoms with E-state index in [1.165, 1.54) is 0 Å². The number of nitrogens with zero attached hydrogens (tertiary/aromatic N) is 1. The van der Waals surface area contributed by atoms with Crippen LogP contribution in [0, 0.1) is 5.92 Å². The van der Waals surface area contributed by atoms with Crippen LogP contribution in [0.1, 0.15) is 49.3 Å². The van der Waals surface area contributed by atoms with Crippen molar-refractivity contribution in [2.24, 2.45) is 5.92 Å². The van der Waals surface area contributed by atoms with Crippen LogP contribution in [-0.4, -0.2) is 41.7 Å². The predicted molar refractivity (Wildman–Crippen MR) is 117 cm³/mol. The van der Waals surface area contributed by atoms with Crippen molar-refractivity contribution in [3.63, 3.8) is 0 Å². The zero-order valence-electron chi connectivity index (χ0n) is 17.7. The summed E-state index contributed by atoms with van der Waals surface area (Å²) in [5.41, 5.74) is 1.62. The molecule has 5 nitrogen and oxygen atoms in total. The topological polar surface area (TPSA) is 61.8 Å². The summed E-state index contributed by atoms with van der Waals surface area (Å²) in [4.78, 5) is 15.0. The molecule has 2 N–H and O–H groups in total. The van der Waals surface area contributed by atoms with Gasteiger partial charge < -0.3 is 15.2 Å². The molecule has 1 amide bonds. The van der Waals surface area contributed by atoms with E-state index in [1.54, 1.807) is 7.11 Å². The molecular formula is C25H32N2O3. The summed E-state index contributed by atoms with van der Waals surface area (Å²) in [7, 11) is 1.67. The van der Waals surface area contributed by atoms with Gasteiger partial charge in [-0.3, -0.25) is 9.69 Å². The Morgan fingerprint density at radius 3 is 2.63 bits per heavy atom. The van der Waals surface area contributed by atoms with Crippen molar-refractivity contribution in [3.05, 3.63) is 65.7 Å². The molecule has 0 bridgehead atoms. The highest BCUT2D eigenvalue weighted by molar-refractivity contribution is 5.78. The molecule has 1 aliphatic carbocycles. The zero-order chi connectivity index (χ0) is 21.0. The van der Waals surface area contributed by atoms with Gasteiger partial charge >= 0.3 is 0 Å². The van der Waals surface area contributed by atoms with Gasteiger partial charge in [0, 0.05) is 25.0 Å².